The van der Waals surface area contributed by atoms with E-state index in [4.69, 9.17) is 14.2 Å². The average molecular weight is 497 g/mol. The van der Waals surface area contributed by atoms with Crippen LogP contribution in [0.1, 0.15) is 58.5 Å². The number of nitrogens with zero attached hydrogens (tertiary/aromatic N) is 2. The van der Waals surface area contributed by atoms with E-state index >= 15 is 0 Å². The zero-order chi connectivity index (χ0) is 26.1. The van der Waals surface area contributed by atoms with Crippen LogP contribution in [-0.2, 0) is 15.9 Å². The van der Waals surface area contributed by atoms with Crippen LogP contribution in [0, 0.1) is 5.82 Å². The molecular formula is C28H33FN2O5. The highest BCUT2D eigenvalue weighted by Gasteiger charge is 2.26. The third kappa shape index (κ3) is 6.37. The Morgan fingerprint density at radius 3 is 2.39 bits per heavy atom. The maximum atomic E-state index is 13.6. The Morgan fingerprint density at radius 2 is 1.75 bits per heavy atom. The van der Waals surface area contributed by atoms with Crippen LogP contribution in [0.2, 0.25) is 0 Å². The van der Waals surface area contributed by atoms with E-state index in [2.05, 4.69) is 4.98 Å². The van der Waals surface area contributed by atoms with Gasteiger partial charge in [0.1, 0.15) is 16.9 Å². The number of carbonyl (C=O) groups excluding carboxylic acids is 2. The van der Waals surface area contributed by atoms with E-state index in [1.54, 1.807) is 30.3 Å². The minimum absolute atomic E-state index is 0.158. The number of halogens is 1. The summed E-state index contributed by atoms with van der Waals surface area (Å²) >= 11 is 0. The van der Waals surface area contributed by atoms with Gasteiger partial charge in [0.25, 0.3) is 5.91 Å². The maximum absolute atomic E-state index is 13.6. The van der Waals surface area contributed by atoms with E-state index < -0.39 is 5.97 Å². The van der Waals surface area contributed by atoms with Gasteiger partial charge in [-0.25, -0.2) is 9.18 Å². The molecular weight excluding hydrogens is 463 g/mol. The summed E-state index contributed by atoms with van der Waals surface area (Å²) in [5.41, 5.74) is 2.66. The quantitative estimate of drug-likeness (QED) is 0.258. The van der Waals surface area contributed by atoms with Crippen LogP contribution in [0.3, 0.4) is 0 Å². The fraction of sp³-hybridized carbons (Fsp3) is 0.393. The number of carbonyl (C=O) groups is 2. The summed E-state index contributed by atoms with van der Waals surface area (Å²) in [5, 5.41) is 0.578. The molecule has 36 heavy (non-hydrogen) atoms. The van der Waals surface area contributed by atoms with Gasteiger partial charge in [-0.3, -0.25) is 9.78 Å². The van der Waals surface area contributed by atoms with E-state index in [9.17, 15) is 14.0 Å². The Balaban J connectivity index is 2.19. The molecule has 0 N–H and O–H groups in total. The van der Waals surface area contributed by atoms with Crippen LogP contribution < -0.4 is 4.74 Å². The molecule has 0 saturated carbocycles. The lowest BCUT2D eigenvalue weighted by atomic mass is 9.98. The van der Waals surface area contributed by atoms with Gasteiger partial charge < -0.3 is 19.1 Å². The second-order valence-electron chi connectivity index (χ2n) is 8.42. The predicted molar refractivity (Wildman–Crippen MR) is 136 cm³/mol. The number of unbranched alkanes of at least 4 members (excludes halogenated alkanes) is 1. The number of amides is 1. The van der Waals surface area contributed by atoms with Crippen molar-refractivity contribution in [3.63, 3.8) is 0 Å². The molecule has 1 aromatic heterocycles. The number of ether oxygens (including phenoxy) is 3. The summed E-state index contributed by atoms with van der Waals surface area (Å²) in [5.74, 6) is -0.849. The van der Waals surface area contributed by atoms with E-state index in [0.29, 0.717) is 54.9 Å². The Hall–Kier alpha value is -3.52. The van der Waals surface area contributed by atoms with Gasteiger partial charge in [-0.1, -0.05) is 25.5 Å². The first-order valence-electron chi connectivity index (χ1n) is 12.1. The molecule has 192 valence electrons. The maximum Gasteiger partial charge on any atom is 0.341 e. The third-order valence-electron chi connectivity index (χ3n) is 5.92. The molecule has 0 radical (unpaired) electrons. The van der Waals surface area contributed by atoms with Gasteiger partial charge >= 0.3 is 5.97 Å². The summed E-state index contributed by atoms with van der Waals surface area (Å²) in [6, 6.07) is 9.68. The lowest BCUT2D eigenvalue weighted by Crippen LogP contribution is -2.34. The van der Waals surface area contributed by atoms with Crippen molar-refractivity contribution in [3.8, 4) is 5.75 Å². The summed E-state index contributed by atoms with van der Waals surface area (Å²) < 4.78 is 29.6. The van der Waals surface area contributed by atoms with Crippen molar-refractivity contribution in [1.82, 2.24) is 9.88 Å². The fourth-order valence-corrected chi connectivity index (χ4v) is 3.92. The van der Waals surface area contributed by atoms with Crippen molar-refractivity contribution < 1.29 is 28.2 Å². The topological polar surface area (TPSA) is 78.0 Å². The standard InChI is InChI=1S/C28H33FN2O5/c1-5-7-13-36-26-24(28(33)35-4)17-23(27(32)31(6-2)12-14-34-3)22-16-20(18-30-25(22)26)15-19-8-10-21(29)11-9-19/h8-11,16-18H,5-7,12-15H2,1-4H3. The Kier molecular flexibility index (Phi) is 9.76. The Labute approximate surface area is 211 Å². The van der Waals surface area contributed by atoms with Crippen LogP contribution in [0.4, 0.5) is 4.39 Å². The molecule has 1 heterocycles. The highest BCUT2D eigenvalue weighted by Crippen LogP contribution is 2.34. The highest BCUT2D eigenvalue weighted by molar-refractivity contribution is 6.11. The van der Waals surface area contributed by atoms with Crippen molar-refractivity contribution in [2.45, 2.75) is 33.1 Å². The molecule has 0 aliphatic rings. The van der Waals surface area contributed by atoms with Crippen LogP contribution in [0.25, 0.3) is 10.9 Å². The smallest absolute Gasteiger partial charge is 0.341 e. The summed E-state index contributed by atoms with van der Waals surface area (Å²) in [6.45, 7) is 5.58. The molecule has 0 unspecified atom stereocenters. The third-order valence-corrected chi connectivity index (χ3v) is 5.92. The predicted octanol–water partition coefficient (Wildman–Crippen LogP) is 5.04. The number of methoxy groups -OCH3 is 2. The number of esters is 1. The van der Waals surface area contributed by atoms with Crippen LogP contribution in [-0.4, -0.2) is 62.3 Å². The van der Waals surface area contributed by atoms with Gasteiger partial charge in [0.15, 0.2) is 5.75 Å². The first-order valence-corrected chi connectivity index (χ1v) is 12.1. The number of rotatable bonds is 12. The fourth-order valence-electron chi connectivity index (χ4n) is 3.92. The monoisotopic (exact) mass is 496 g/mol. The van der Waals surface area contributed by atoms with E-state index in [-0.39, 0.29) is 17.3 Å². The Morgan fingerprint density at radius 1 is 1.00 bits per heavy atom. The molecule has 8 heteroatoms. The molecule has 3 rings (SSSR count). The zero-order valence-corrected chi connectivity index (χ0v) is 21.3. The highest BCUT2D eigenvalue weighted by atomic mass is 19.1. The lowest BCUT2D eigenvalue weighted by molar-refractivity contribution is 0.0596. The van der Waals surface area contributed by atoms with E-state index in [1.807, 2.05) is 19.9 Å². The van der Waals surface area contributed by atoms with E-state index in [1.165, 1.54) is 25.3 Å². The number of fused-ring (bicyclic) bond motifs is 1. The molecule has 0 fully saturated rings. The van der Waals surface area contributed by atoms with Gasteiger partial charge in [-0.15, -0.1) is 0 Å². The first-order chi connectivity index (χ1) is 17.4. The van der Waals surface area contributed by atoms with Crippen molar-refractivity contribution in [2.75, 3.05) is 40.5 Å². The van der Waals surface area contributed by atoms with Gasteiger partial charge in [0.05, 0.1) is 25.9 Å². The minimum Gasteiger partial charge on any atom is -0.490 e. The number of aromatic nitrogens is 1. The number of hydrogen-bond donors (Lipinski definition) is 0. The molecule has 0 aliphatic heterocycles. The molecule has 0 atom stereocenters. The number of benzene rings is 2. The van der Waals surface area contributed by atoms with Gasteiger partial charge in [0.2, 0.25) is 0 Å². The van der Waals surface area contributed by atoms with Crippen molar-refractivity contribution in [3.05, 3.63) is 70.7 Å². The largest absolute Gasteiger partial charge is 0.490 e. The van der Waals surface area contributed by atoms with Gasteiger partial charge in [0, 0.05) is 31.8 Å². The van der Waals surface area contributed by atoms with Crippen molar-refractivity contribution >= 4 is 22.8 Å². The summed E-state index contributed by atoms with van der Waals surface area (Å²) in [4.78, 5) is 32.7. The SMILES string of the molecule is CCCCOc1c(C(=O)OC)cc(C(=O)N(CC)CCOC)c2cc(Cc3ccc(F)cc3)cnc12. The molecule has 0 spiro atoms. The van der Waals surface area contributed by atoms with Crippen LogP contribution in [0.15, 0.2) is 42.6 Å². The van der Waals surface area contributed by atoms with E-state index in [0.717, 1.165) is 24.0 Å². The number of hydrogen-bond acceptors (Lipinski definition) is 6. The normalized spacial score (nSPS) is 10.9. The summed E-state index contributed by atoms with van der Waals surface area (Å²) in [7, 11) is 2.87. The van der Waals surface area contributed by atoms with Crippen molar-refractivity contribution in [1.29, 1.82) is 0 Å². The lowest BCUT2D eigenvalue weighted by Gasteiger charge is -2.23. The second kappa shape index (κ2) is 13.0. The van der Waals surface area contributed by atoms with Crippen molar-refractivity contribution in [2.24, 2.45) is 0 Å². The zero-order valence-electron chi connectivity index (χ0n) is 21.3. The molecule has 1 amide bonds. The molecule has 0 saturated heterocycles. The number of pyridine rings is 1. The average Bonchev–Trinajstić information content (AvgIpc) is 2.89. The molecule has 7 nitrogen and oxygen atoms in total. The Bertz CT molecular complexity index is 1200. The first kappa shape index (κ1) is 27.1. The minimum atomic E-state index is -0.602. The molecule has 2 aromatic carbocycles. The molecule has 0 aliphatic carbocycles. The van der Waals surface area contributed by atoms with Crippen LogP contribution >= 0.6 is 0 Å². The van der Waals surface area contributed by atoms with Crippen LogP contribution in [0.5, 0.6) is 5.75 Å². The second-order valence-corrected chi connectivity index (χ2v) is 8.42. The van der Waals surface area contributed by atoms with Gasteiger partial charge in [-0.05, 0) is 55.2 Å². The summed E-state index contributed by atoms with van der Waals surface area (Å²) in [6.07, 6.45) is 3.91. The molecule has 0 bridgehead atoms. The number of likely N-dealkylation sites (N-methyl/N-ethyl adjacent to an activating group) is 1. The van der Waals surface area contributed by atoms with Gasteiger partial charge in [-0.2, -0.15) is 0 Å². The molecule has 3 aromatic rings.